The van der Waals surface area contributed by atoms with Crippen LogP contribution in [0.4, 0.5) is 0 Å². The molecule has 0 aromatic carbocycles. The largest absolute Gasteiger partial charge is 0.317 e. The lowest BCUT2D eigenvalue weighted by Gasteiger charge is -2.22. The Kier molecular flexibility index (Phi) is 4.36. The molecule has 1 heterocycles. The van der Waals surface area contributed by atoms with Crippen molar-refractivity contribution in [2.75, 3.05) is 19.3 Å². The van der Waals surface area contributed by atoms with Gasteiger partial charge in [-0.25, -0.2) is 4.21 Å². The Morgan fingerprint density at radius 2 is 1.91 bits per heavy atom. The zero-order valence-electron chi connectivity index (χ0n) is 6.63. The molecule has 1 unspecified atom stereocenters. The van der Waals surface area contributed by atoms with Gasteiger partial charge in [-0.15, -0.1) is 12.4 Å². The van der Waals surface area contributed by atoms with Gasteiger partial charge in [-0.3, -0.25) is 4.78 Å². The van der Waals surface area contributed by atoms with E-state index in [0.717, 1.165) is 25.9 Å². The summed E-state index contributed by atoms with van der Waals surface area (Å²) in [5, 5.41) is 3.31. The van der Waals surface area contributed by atoms with Crippen molar-refractivity contribution in [1.82, 2.24) is 5.32 Å². The standard InChI is InChI=1S/C6H14N2OS.ClH/c1-10(7,9)6-2-4-8-5-3-6;/h6-8H,2-5H2,1H3;1H. The number of halogens is 1. The van der Waals surface area contributed by atoms with Crippen molar-refractivity contribution >= 4 is 22.1 Å². The van der Waals surface area contributed by atoms with Crippen molar-refractivity contribution in [2.45, 2.75) is 18.1 Å². The Morgan fingerprint density at radius 3 is 2.18 bits per heavy atom. The fourth-order valence-corrected chi connectivity index (χ4v) is 2.38. The van der Waals surface area contributed by atoms with Gasteiger partial charge in [0.1, 0.15) is 0 Å². The summed E-state index contributed by atoms with van der Waals surface area (Å²) in [6.07, 6.45) is 3.35. The lowest BCUT2D eigenvalue weighted by molar-refractivity contribution is 0.517. The molecule has 11 heavy (non-hydrogen) atoms. The molecule has 5 heteroatoms. The molecule has 0 amide bonds. The smallest absolute Gasteiger partial charge is 0.0449 e. The first kappa shape index (κ1) is 11.2. The molecule has 1 aliphatic rings. The lowest BCUT2D eigenvalue weighted by atomic mass is 10.2. The molecule has 0 saturated carbocycles. The summed E-state index contributed by atoms with van der Waals surface area (Å²) in [4.78, 5) is 0. The van der Waals surface area contributed by atoms with Gasteiger partial charge < -0.3 is 5.32 Å². The van der Waals surface area contributed by atoms with Crippen molar-refractivity contribution in [2.24, 2.45) is 0 Å². The van der Waals surface area contributed by atoms with E-state index in [1.54, 1.807) is 6.26 Å². The van der Waals surface area contributed by atoms with E-state index >= 15 is 0 Å². The summed E-state index contributed by atoms with van der Waals surface area (Å²) in [7, 11) is -2.27. The Labute approximate surface area is 74.3 Å². The molecule has 1 atom stereocenters. The van der Waals surface area contributed by atoms with Gasteiger partial charge in [0, 0.05) is 21.2 Å². The van der Waals surface area contributed by atoms with Crippen LogP contribution in [0.1, 0.15) is 12.8 Å². The van der Waals surface area contributed by atoms with E-state index in [0.29, 0.717) is 0 Å². The van der Waals surface area contributed by atoms with Crippen LogP contribution >= 0.6 is 12.4 Å². The van der Waals surface area contributed by atoms with E-state index in [1.165, 1.54) is 0 Å². The SMILES string of the molecule is CS(=N)(=O)C1CCNCC1.Cl. The molecule has 1 fully saturated rings. The normalized spacial score (nSPS) is 25.2. The fourth-order valence-electron chi connectivity index (χ4n) is 1.25. The molecule has 0 aromatic heterocycles. The minimum absolute atomic E-state index is 0. The van der Waals surface area contributed by atoms with Crippen molar-refractivity contribution in [3.8, 4) is 0 Å². The van der Waals surface area contributed by atoms with Crippen LogP contribution in [0.5, 0.6) is 0 Å². The van der Waals surface area contributed by atoms with Crippen LogP contribution < -0.4 is 5.32 Å². The van der Waals surface area contributed by atoms with Gasteiger partial charge in [-0.05, 0) is 25.9 Å². The van der Waals surface area contributed by atoms with Gasteiger partial charge in [-0.2, -0.15) is 0 Å². The molecule has 0 aliphatic carbocycles. The zero-order chi connectivity index (χ0) is 7.61. The van der Waals surface area contributed by atoms with Crippen molar-refractivity contribution < 1.29 is 4.21 Å². The summed E-state index contributed by atoms with van der Waals surface area (Å²) in [6, 6.07) is 0. The second kappa shape index (κ2) is 4.28. The van der Waals surface area contributed by atoms with Gasteiger partial charge >= 0.3 is 0 Å². The van der Waals surface area contributed by atoms with Gasteiger partial charge in [-0.1, -0.05) is 0 Å². The molecule has 3 nitrogen and oxygen atoms in total. The minimum Gasteiger partial charge on any atom is -0.317 e. The molecular weight excluding hydrogens is 184 g/mol. The molecular formula is C6H15ClN2OS. The Balaban J connectivity index is 0.000001000. The Bertz CT molecular complexity index is 197. The van der Waals surface area contributed by atoms with E-state index in [-0.39, 0.29) is 17.7 Å². The molecule has 1 rings (SSSR count). The number of piperidine rings is 1. The molecule has 0 bridgehead atoms. The highest BCUT2D eigenvalue weighted by atomic mass is 35.5. The van der Waals surface area contributed by atoms with Crippen LogP contribution in [0, 0.1) is 4.78 Å². The maximum absolute atomic E-state index is 11.2. The molecule has 0 spiro atoms. The first-order valence-electron chi connectivity index (χ1n) is 3.54. The Morgan fingerprint density at radius 1 is 1.45 bits per heavy atom. The summed E-state index contributed by atoms with van der Waals surface area (Å²) in [5.41, 5.74) is 0. The third-order valence-electron chi connectivity index (χ3n) is 1.92. The molecule has 1 aliphatic heterocycles. The predicted octanol–water partition coefficient (Wildman–Crippen LogP) is 0.837. The lowest BCUT2D eigenvalue weighted by Crippen LogP contribution is -2.34. The van der Waals surface area contributed by atoms with E-state index in [1.807, 2.05) is 0 Å². The fraction of sp³-hybridized carbons (Fsp3) is 1.00. The molecule has 68 valence electrons. The van der Waals surface area contributed by atoms with Gasteiger partial charge in [0.15, 0.2) is 0 Å². The summed E-state index contributed by atoms with van der Waals surface area (Å²) >= 11 is 0. The van der Waals surface area contributed by atoms with Crippen molar-refractivity contribution in [3.63, 3.8) is 0 Å². The molecule has 2 N–H and O–H groups in total. The second-order valence-corrected chi connectivity index (χ2v) is 5.33. The van der Waals surface area contributed by atoms with E-state index in [4.69, 9.17) is 4.78 Å². The molecule has 1 saturated heterocycles. The maximum atomic E-state index is 11.2. The van der Waals surface area contributed by atoms with E-state index in [2.05, 4.69) is 5.32 Å². The van der Waals surface area contributed by atoms with Crippen LogP contribution in [0.3, 0.4) is 0 Å². The quantitative estimate of drug-likeness (QED) is 0.656. The number of hydrogen-bond acceptors (Lipinski definition) is 3. The van der Waals surface area contributed by atoms with Gasteiger partial charge in [0.2, 0.25) is 0 Å². The zero-order valence-corrected chi connectivity index (χ0v) is 8.26. The molecule has 0 aromatic rings. The van der Waals surface area contributed by atoms with E-state index < -0.39 is 9.73 Å². The predicted molar refractivity (Wildman–Crippen MR) is 49.9 cm³/mol. The van der Waals surface area contributed by atoms with Gasteiger partial charge in [0.05, 0.1) is 0 Å². The van der Waals surface area contributed by atoms with Crippen LogP contribution in [-0.2, 0) is 9.73 Å². The second-order valence-electron chi connectivity index (χ2n) is 2.85. The highest BCUT2D eigenvalue weighted by molar-refractivity contribution is 7.92. The third-order valence-corrected chi connectivity index (χ3v) is 3.67. The topological polar surface area (TPSA) is 53.0 Å². The third kappa shape index (κ3) is 3.40. The first-order valence-corrected chi connectivity index (χ1v) is 5.57. The monoisotopic (exact) mass is 198 g/mol. The maximum Gasteiger partial charge on any atom is 0.0449 e. The Hall–Kier alpha value is 0.200. The minimum atomic E-state index is -2.27. The first-order chi connectivity index (χ1) is 4.61. The van der Waals surface area contributed by atoms with Crippen molar-refractivity contribution in [3.05, 3.63) is 0 Å². The van der Waals surface area contributed by atoms with Crippen LogP contribution in [0.15, 0.2) is 0 Å². The number of nitrogens with one attached hydrogen (secondary N) is 2. The molecule has 0 radical (unpaired) electrons. The van der Waals surface area contributed by atoms with Crippen LogP contribution in [-0.4, -0.2) is 28.8 Å². The van der Waals surface area contributed by atoms with Gasteiger partial charge in [0.25, 0.3) is 0 Å². The van der Waals surface area contributed by atoms with E-state index in [9.17, 15) is 4.21 Å². The highest BCUT2D eigenvalue weighted by Gasteiger charge is 2.19. The van der Waals surface area contributed by atoms with Crippen LogP contribution in [0.25, 0.3) is 0 Å². The summed E-state index contributed by atoms with van der Waals surface area (Å²) in [6.45, 7) is 1.85. The number of hydrogen-bond donors (Lipinski definition) is 2. The number of rotatable bonds is 1. The van der Waals surface area contributed by atoms with Crippen molar-refractivity contribution in [1.29, 1.82) is 4.78 Å². The summed E-state index contributed by atoms with van der Waals surface area (Å²) < 4.78 is 18.5. The average molecular weight is 199 g/mol. The van der Waals surface area contributed by atoms with Crippen LogP contribution in [0.2, 0.25) is 0 Å². The summed E-state index contributed by atoms with van der Waals surface area (Å²) in [5.74, 6) is 0. The highest BCUT2D eigenvalue weighted by Crippen LogP contribution is 2.11. The average Bonchev–Trinajstić information content (AvgIpc) is 1.88.